The molecule has 3 nitrogen and oxygen atoms in total. The van der Waals surface area contributed by atoms with E-state index in [4.69, 9.17) is 0 Å². The summed E-state index contributed by atoms with van der Waals surface area (Å²) < 4.78 is 0. The average molecular weight is 143 g/mol. The molecule has 0 saturated heterocycles. The van der Waals surface area contributed by atoms with Crippen LogP contribution in [0, 0.1) is 0 Å². The van der Waals surface area contributed by atoms with Gasteiger partial charge in [-0.1, -0.05) is 19.1 Å². The van der Waals surface area contributed by atoms with Crippen molar-refractivity contribution in [1.82, 2.24) is 16.0 Å². The Morgan fingerprint density at radius 3 is 2.70 bits per heavy atom. The molecule has 0 saturated carbocycles. The molecule has 0 aromatic heterocycles. The van der Waals surface area contributed by atoms with E-state index in [-0.39, 0.29) is 0 Å². The van der Waals surface area contributed by atoms with Crippen LogP contribution < -0.4 is 11.0 Å². The largest absolute Gasteiger partial charge is 0.240 e. The van der Waals surface area contributed by atoms with Crippen LogP contribution in [0.4, 0.5) is 0 Å². The fourth-order valence-electron chi connectivity index (χ4n) is 0.436. The van der Waals surface area contributed by atoms with Gasteiger partial charge in [-0.25, -0.2) is 10.4 Å². The molecule has 0 aromatic rings. The Bertz CT molecular complexity index is 90.9. The Kier molecular flexibility index (Phi) is 6.48. The van der Waals surface area contributed by atoms with Gasteiger partial charge in [-0.05, 0) is 6.92 Å². The van der Waals surface area contributed by atoms with Crippen LogP contribution in [0.15, 0.2) is 12.2 Å². The number of allylic oxidation sites excluding steroid dienone is 1. The molecule has 0 aliphatic heterocycles. The molecule has 0 radical (unpaired) electrons. The first-order valence-corrected chi connectivity index (χ1v) is 3.62. The molecule has 0 heterocycles. The number of rotatable bonds is 5. The van der Waals surface area contributed by atoms with Gasteiger partial charge in [0.1, 0.15) is 0 Å². The van der Waals surface area contributed by atoms with E-state index in [1.807, 2.05) is 25.1 Å². The fraction of sp³-hybridized carbons (Fsp3) is 0.714. The number of nitrogens with one attached hydrogen (secondary N) is 2. The summed E-state index contributed by atoms with van der Waals surface area (Å²) in [6.45, 7) is 5.94. The van der Waals surface area contributed by atoms with Crippen LogP contribution in [0.2, 0.25) is 0 Å². The fourth-order valence-corrected chi connectivity index (χ4v) is 0.436. The Balaban J connectivity index is 3.03. The highest BCUT2D eigenvalue weighted by molar-refractivity contribution is 4.77. The summed E-state index contributed by atoms with van der Waals surface area (Å²) in [5, 5.41) is 1.98. The van der Waals surface area contributed by atoms with Gasteiger partial charge in [0.25, 0.3) is 0 Å². The lowest BCUT2D eigenvalue weighted by molar-refractivity contribution is 0.208. The van der Waals surface area contributed by atoms with E-state index in [1.165, 1.54) is 0 Å². The second-order valence-electron chi connectivity index (χ2n) is 2.08. The molecule has 0 rings (SSSR count). The Labute approximate surface area is 63.0 Å². The van der Waals surface area contributed by atoms with Crippen molar-refractivity contribution < 1.29 is 0 Å². The van der Waals surface area contributed by atoms with Crippen LogP contribution >= 0.6 is 0 Å². The topological polar surface area (TPSA) is 27.3 Å². The van der Waals surface area contributed by atoms with Crippen molar-refractivity contribution in [2.24, 2.45) is 0 Å². The first kappa shape index (κ1) is 9.62. The quantitative estimate of drug-likeness (QED) is 0.334. The summed E-state index contributed by atoms with van der Waals surface area (Å²) in [6, 6.07) is 0. The minimum absolute atomic E-state index is 0.862. The molecule has 10 heavy (non-hydrogen) atoms. The minimum Gasteiger partial charge on any atom is -0.240 e. The lowest BCUT2D eigenvalue weighted by Crippen LogP contribution is -2.44. The Morgan fingerprint density at radius 1 is 1.50 bits per heavy atom. The van der Waals surface area contributed by atoms with E-state index < -0.39 is 0 Å². The first-order valence-electron chi connectivity index (χ1n) is 3.62. The maximum absolute atomic E-state index is 3.03. The second kappa shape index (κ2) is 6.74. The van der Waals surface area contributed by atoms with E-state index >= 15 is 0 Å². The lowest BCUT2D eigenvalue weighted by atomic mass is 10.5. The summed E-state index contributed by atoms with van der Waals surface area (Å²) in [7, 11) is 1.99. The third kappa shape index (κ3) is 5.75. The summed E-state index contributed by atoms with van der Waals surface area (Å²) in [5.74, 6) is 0. The zero-order valence-corrected chi connectivity index (χ0v) is 7.02. The van der Waals surface area contributed by atoms with Crippen LogP contribution in [0.5, 0.6) is 0 Å². The maximum atomic E-state index is 3.03. The summed E-state index contributed by atoms with van der Waals surface area (Å²) in [6.07, 6.45) is 4.07. The molecule has 0 atom stereocenters. The van der Waals surface area contributed by atoms with E-state index in [2.05, 4.69) is 24.0 Å². The van der Waals surface area contributed by atoms with Gasteiger partial charge in [-0.2, -0.15) is 5.53 Å². The van der Waals surface area contributed by atoms with Crippen molar-refractivity contribution in [2.45, 2.75) is 13.8 Å². The molecule has 2 N–H and O–H groups in total. The van der Waals surface area contributed by atoms with Crippen LogP contribution in [-0.2, 0) is 0 Å². The number of nitrogens with zero attached hydrogens (tertiary/aromatic N) is 1. The van der Waals surface area contributed by atoms with Gasteiger partial charge in [-0.3, -0.25) is 0 Å². The molecule has 0 aliphatic rings. The summed E-state index contributed by atoms with van der Waals surface area (Å²) in [4.78, 5) is 0. The van der Waals surface area contributed by atoms with Crippen molar-refractivity contribution in [2.75, 3.05) is 20.1 Å². The highest BCUT2D eigenvalue weighted by atomic mass is 15.7. The molecular formula is C7H17N3. The molecule has 0 aromatic carbocycles. The zero-order valence-electron chi connectivity index (χ0n) is 7.02. The zero-order chi connectivity index (χ0) is 7.82. The average Bonchev–Trinajstić information content (AvgIpc) is 1.98. The van der Waals surface area contributed by atoms with Gasteiger partial charge in [0.2, 0.25) is 0 Å². The normalized spacial score (nSPS) is 11.6. The van der Waals surface area contributed by atoms with Crippen molar-refractivity contribution in [3.05, 3.63) is 12.2 Å². The van der Waals surface area contributed by atoms with Crippen LogP contribution in [0.1, 0.15) is 13.8 Å². The van der Waals surface area contributed by atoms with Crippen LogP contribution in [0.25, 0.3) is 0 Å². The molecule has 3 heteroatoms. The van der Waals surface area contributed by atoms with Crippen LogP contribution in [-0.4, -0.2) is 25.1 Å². The van der Waals surface area contributed by atoms with Gasteiger partial charge in [0, 0.05) is 20.1 Å². The van der Waals surface area contributed by atoms with E-state index in [0.717, 1.165) is 13.1 Å². The predicted molar refractivity (Wildman–Crippen MR) is 44.3 cm³/mol. The molecule has 0 amide bonds. The molecule has 0 aliphatic carbocycles. The van der Waals surface area contributed by atoms with Crippen molar-refractivity contribution in [3.63, 3.8) is 0 Å². The predicted octanol–water partition coefficient (Wildman–Crippen LogP) is 0.523. The van der Waals surface area contributed by atoms with Crippen molar-refractivity contribution >= 4 is 0 Å². The molecular weight excluding hydrogens is 126 g/mol. The lowest BCUT2D eigenvalue weighted by Gasteiger charge is -2.14. The first-order chi connectivity index (χ1) is 4.81. The third-order valence-corrected chi connectivity index (χ3v) is 1.20. The van der Waals surface area contributed by atoms with Crippen molar-refractivity contribution in [3.8, 4) is 0 Å². The number of hydrogen-bond donors (Lipinski definition) is 2. The molecule has 0 unspecified atom stereocenters. The number of hydrazine groups is 2. The molecule has 0 bridgehead atoms. The highest BCUT2D eigenvalue weighted by Gasteiger charge is 1.86. The van der Waals surface area contributed by atoms with Gasteiger partial charge < -0.3 is 0 Å². The Morgan fingerprint density at radius 2 is 2.20 bits per heavy atom. The van der Waals surface area contributed by atoms with E-state index in [1.54, 1.807) is 0 Å². The monoisotopic (exact) mass is 143 g/mol. The van der Waals surface area contributed by atoms with Gasteiger partial charge >= 0.3 is 0 Å². The van der Waals surface area contributed by atoms with E-state index in [0.29, 0.717) is 0 Å². The number of hydrogen-bond acceptors (Lipinski definition) is 3. The highest BCUT2D eigenvalue weighted by Crippen LogP contribution is 1.68. The minimum atomic E-state index is 0.862. The smallest absolute Gasteiger partial charge is 0.0294 e. The summed E-state index contributed by atoms with van der Waals surface area (Å²) >= 11 is 0. The van der Waals surface area contributed by atoms with Crippen molar-refractivity contribution in [1.29, 1.82) is 0 Å². The molecule has 0 fully saturated rings. The van der Waals surface area contributed by atoms with Gasteiger partial charge in [0.05, 0.1) is 0 Å². The molecule has 0 spiro atoms. The van der Waals surface area contributed by atoms with Gasteiger partial charge in [0.15, 0.2) is 0 Å². The third-order valence-electron chi connectivity index (χ3n) is 1.20. The maximum Gasteiger partial charge on any atom is 0.0294 e. The Hall–Kier alpha value is -0.380. The second-order valence-corrected chi connectivity index (χ2v) is 2.08. The standard InChI is InChI=1S/C7H17N3/c1-4-6-7-8-9-10(3)5-2/h4,6,8-9H,5,7H2,1-3H3. The van der Waals surface area contributed by atoms with Gasteiger partial charge in [-0.15, -0.1) is 0 Å². The SMILES string of the molecule is CC=CCNNN(C)CC. The summed E-state index contributed by atoms with van der Waals surface area (Å²) in [5.41, 5.74) is 6.03. The van der Waals surface area contributed by atoms with E-state index in [9.17, 15) is 0 Å². The molecule has 60 valence electrons. The van der Waals surface area contributed by atoms with Crippen LogP contribution in [0.3, 0.4) is 0 Å².